The van der Waals surface area contributed by atoms with Crippen LogP contribution in [0.25, 0.3) is 0 Å². The molecular weight excluding hydrogens is 270 g/mol. The van der Waals surface area contributed by atoms with Gasteiger partial charge in [-0.3, -0.25) is 0 Å². The zero-order valence-electron chi connectivity index (χ0n) is 10.7. The number of amides is 2. The monoisotopic (exact) mass is 287 g/mol. The molecule has 19 heavy (non-hydrogen) atoms. The van der Waals surface area contributed by atoms with Crippen LogP contribution in [0.3, 0.4) is 0 Å². The van der Waals surface area contributed by atoms with E-state index in [0.29, 0.717) is 13.0 Å². The summed E-state index contributed by atoms with van der Waals surface area (Å²) >= 11 is 1.51. The van der Waals surface area contributed by atoms with Crippen LogP contribution in [0.15, 0.2) is 5.38 Å². The second-order valence-corrected chi connectivity index (χ2v) is 5.03. The van der Waals surface area contributed by atoms with Gasteiger partial charge in [0.1, 0.15) is 0 Å². The van der Waals surface area contributed by atoms with Gasteiger partial charge in [0.25, 0.3) is 0 Å². The summed E-state index contributed by atoms with van der Waals surface area (Å²) in [7, 11) is 0. The number of urea groups is 1. The molecule has 0 saturated carbocycles. The molecule has 1 heterocycles. The third kappa shape index (κ3) is 5.23. The third-order valence-corrected chi connectivity index (χ3v) is 3.35. The number of nitrogens with one attached hydrogen (secondary N) is 2. The number of carbonyl (C=O) groups is 2. The van der Waals surface area contributed by atoms with Crippen molar-refractivity contribution in [3.05, 3.63) is 16.1 Å². The average Bonchev–Trinajstić information content (AvgIpc) is 2.71. The molecule has 0 aliphatic heterocycles. The maximum Gasteiger partial charge on any atom is 0.328 e. The summed E-state index contributed by atoms with van der Waals surface area (Å²) in [4.78, 5) is 26.4. The van der Waals surface area contributed by atoms with Crippen molar-refractivity contribution >= 4 is 23.3 Å². The molecule has 2 unspecified atom stereocenters. The van der Waals surface area contributed by atoms with E-state index < -0.39 is 24.1 Å². The molecule has 1 rings (SSSR count). The van der Waals surface area contributed by atoms with Crippen molar-refractivity contribution in [3.8, 4) is 0 Å². The van der Waals surface area contributed by atoms with Gasteiger partial charge in [-0.2, -0.15) is 0 Å². The van der Waals surface area contributed by atoms with Gasteiger partial charge in [-0.05, 0) is 13.8 Å². The first-order valence-electron chi connectivity index (χ1n) is 5.76. The Morgan fingerprint density at radius 1 is 1.53 bits per heavy atom. The molecule has 0 aromatic carbocycles. The standard InChI is InChI=1S/C11H17N3O4S/c1-6-5-19-8(13-6)3-4-12-11(18)14-9(7(2)15)10(16)17/h5,7,9,15H,3-4H2,1-2H3,(H,16,17)(H2,12,14,18). The normalized spacial score (nSPS) is 13.6. The molecule has 2 amide bonds. The van der Waals surface area contributed by atoms with Gasteiger partial charge in [0.2, 0.25) is 0 Å². The fourth-order valence-electron chi connectivity index (χ4n) is 1.38. The highest BCUT2D eigenvalue weighted by molar-refractivity contribution is 7.09. The number of aliphatic carboxylic acids is 1. The first kappa shape index (κ1) is 15.4. The maximum atomic E-state index is 11.4. The highest BCUT2D eigenvalue weighted by atomic mass is 32.1. The molecule has 8 heteroatoms. The molecule has 0 spiro atoms. The highest BCUT2D eigenvalue weighted by Crippen LogP contribution is 2.08. The van der Waals surface area contributed by atoms with Crippen molar-refractivity contribution in [2.45, 2.75) is 32.4 Å². The lowest BCUT2D eigenvalue weighted by Crippen LogP contribution is -2.51. The molecule has 0 bridgehead atoms. The molecule has 0 fully saturated rings. The van der Waals surface area contributed by atoms with E-state index in [1.54, 1.807) is 0 Å². The van der Waals surface area contributed by atoms with Crippen molar-refractivity contribution in [2.75, 3.05) is 6.54 Å². The van der Waals surface area contributed by atoms with E-state index in [2.05, 4.69) is 15.6 Å². The van der Waals surface area contributed by atoms with Crippen molar-refractivity contribution in [3.63, 3.8) is 0 Å². The van der Waals surface area contributed by atoms with Crippen LogP contribution in [0.2, 0.25) is 0 Å². The van der Waals surface area contributed by atoms with Crippen LogP contribution >= 0.6 is 11.3 Å². The molecule has 0 aliphatic rings. The van der Waals surface area contributed by atoms with Gasteiger partial charge in [0, 0.05) is 24.0 Å². The van der Waals surface area contributed by atoms with E-state index >= 15 is 0 Å². The molecule has 2 atom stereocenters. The highest BCUT2D eigenvalue weighted by Gasteiger charge is 2.24. The van der Waals surface area contributed by atoms with Crippen LogP contribution in [-0.4, -0.2) is 45.9 Å². The Morgan fingerprint density at radius 3 is 2.68 bits per heavy atom. The zero-order valence-corrected chi connectivity index (χ0v) is 11.5. The van der Waals surface area contributed by atoms with Crippen LogP contribution in [-0.2, 0) is 11.2 Å². The average molecular weight is 287 g/mol. The Labute approximate surface area is 114 Å². The van der Waals surface area contributed by atoms with Crippen LogP contribution in [0.4, 0.5) is 4.79 Å². The van der Waals surface area contributed by atoms with Crippen molar-refractivity contribution in [1.29, 1.82) is 0 Å². The number of aryl methyl sites for hydroxylation is 1. The first-order valence-corrected chi connectivity index (χ1v) is 6.64. The summed E-state index contributed by atoms with van der Waals surface area (Å²) in [5.41, 5.74) is 0.935. The van der Waals surface area contributed by atoms with Crippen molar-refractivity contribution in [2.24, 2.45) is 0 Å². The first-order chi connectivity index (χ1) is 8.90. The molecule has 1 aromatic heterocycles. The van der Waals surface area contributed by atoms with Crippen LogP contribution in [0.1, 0.15) is 17.6 Å². The second-order valence-electron chi connectivity index (χ2n) is 4.09. The van der Waals surface area contributed by atoms with E-state index in [1.165, 1.54) is 18.3 Å². The number of aliphatic hydroxyl groups is 1. The quantitative estimate of drug-likeness (QED) is 0.594. The lowest BCUT2D eigenvalue weighted by atomic mass is 10.2. The van der Waals surface area contributed by atoms with Crippen molar-refractivity contribution < 1.29 is 19.8 Å². The van der Waals surface area contributed by atoms with E-state index in [9.17, 15) is 14.7 Å². The Morgan fingerprint density at radius 2 is 2.21 bits per heavy atom. The Bertz CT molecular complexity index is 447. The number of aromatic nitrogens is 1. The maximum absolute atomic E-state index is 11.4. The second kappa shape index (κ2) is 7.05. The largest absolute Gasteiger partial charge is 0.480 e. The summed E-state index contributed by atoms with van der Waals surface area (Å²) in [6, 6.07) is -1.94. The summed E-state index contributed by atoms with van der Waals surface area (Å²) in [5, 5.41) is 25.5. The minimum atomic E-state index is -1.32. The van der Waals surface area contributed by atoms with Crippen molar-refractivity contribution in [1.82, 2.24) is 15.6 Å². The number of carboxylic acid groups (broad SMARTS) is 1. The number of nitrogens with zero attached hydrogens (tertiary/aromatic N) is 1. The van der Waals surface area contributed by atoms with Gasteiger partial charge in [0.15, 0.2) is 6.04 Å². The topological polar surface area (TPSA) is 112 Å². The number of thiazole rings is 1. The predicted molar refractivity (Wildman–Crippen MR) is 70.2 cm³/mol. The van der Waals surface area contributed by atoms with Crippen LogP contribution in [0, 0.1) is 6.92 Å². The van der Waals surface area contributed by atoms with Gasteiger partial charge in [-0.1, -0.05) is 0 Å². The Kier molecular flexibility index (Phi) is 5.71. The van der Waals surface area contributed by atoms with Gasteiger partial charge in [-0.15, -0.1) is 11.3 Å². The zero-order chi connectivity index (χ0) is 14.4. The molecule has 0 aliphatic carbocycles. The molecule has 0 saturated heterocycles. The number of carboxylic acids is 1. The molecule has 106 valence electrons. The van der Waals surface area contributed by atoms with E-state index in [1.807, 2.05) is 12.3 Å². The fraction of sp³-hybridized carbons (Fsp3) is 0.545. The molecular formula is C11H17N3O4S. The third-order valence-electron chi connectivity index (χ3n) is 2.33. The lowest BCUT2D eigenvalue weighted by Gasteiger charge is -2.17. The molecule has 0 radical (unpaired) electrons. The summed E-state index contributed by atoms with van der Waals surface area (Å²) < 4.78 is 0. The lowest BCUT2D eigenvalue weighted by molar-refractivity contribution is -0.141. The minimum absolute atomic E-state index is 0.352. The SMILES string of the molecule is Cc1csc(CCNC(=O)NC(C(=O)O)C(C)O)n1. The van der Waals surface area contributed by atoms with E-state index in [4.69, 9.17) is 5.11 Å². The number of rotatable bonds is 6. The van der Waals surface area contributed by atoms with E-state index in [-0.39, 0.29) is 0 Å². The van der Waals surface area contributed by atoms with Gasteiger partial charge in [-0.25, -0.2) is 14.6 Å². The van der Waals surface area contributed by atoms with Gasteiger partial charge >= 0.3 is 12.0 Å². The van der Waals surface area contributed by atoms with Gasteiger partial charge < -0.3 is 20.8 Å². The molecule has 7 nitrogen and oxygen atoms in total. The number of carbonyl (C=O) groups excluding carboxylic acids is 1. The smallest absolute Gasteiger partial charge is 0.328 e. The van der Waals surface area contributed by atoms with Crippen LogP contribution < -0.4 is 10.6 Å². The Hall–Kier alpha value is -1.67. The molecule has 4 N–H and O–H groups in total. The summed E-state index contributed by atoms with van der Waals surface area (Å²) in [6.45, 7) is 3.54. The predicted octanol–water partition coefficient (Wildman–Crippen LogP) is 0.127. The summed E-state index contributed by atoms with van der Waals surface area (Å²) in [5.74, 6) is -1.28. The van der Waals surface area contributed by atoms with E-state index in [0.717, 1.165) is 10.7 Å². The number of hydrogen-bond acceptors (Lipinski definition) is 5. The Balaban J connectivity index is 2.33. The summed E-state index contributed by atoms with van der Waals surface area (Å²) in [6.07, 6.45) is -0.580. The van der Waals surface area contributed by atoms with Gasteiger partial charge in [0.05, 0.1) is 11.1 Å². The number of aliphatic hydroxyl groups excluding tert-OH is 1. The minimum Gasteiger partial charge on any atom is -0.480 e. The van der Waals surface area contributed by atoms with Crippen LogP contribution in [0.5, 0.6) is 0 Å². The number of hydrogen-bond donors (Lipinski definition) is 4. The fourth-order valence-corrected chi connectivity index (χ4v) is 2.16. The molecule has 1 aromatic rings.